The summed E-state index contributed by atoms with van der Waals surface area (Å²) in [5, 5.41) is 7.31. The summed E-state index contributed by atoms with van der Waals surface area (Å²) in [5.74, 6) is 0.778. The van der Waals surface area contributed by atoms with Crippen LogP contribution in [0.1, 0.15) is 16.8 Å². The van der Waals surface area contributed by atoms with E-state index in [1.165, 1.54) is 5.56 Å². The van der Waals surface area contributed by atoms with Crippen molar-refractivity contribution in [3.05, 3.63) is 64.4 Å². The fourth-order valence-corrected chi connectivity index (χ4v) is 2.24. The van der Waals surface area contributed by atoms with Crippen LogP contribution in [-0.2, 0) is 13.0 Å². The Morgan fingerprint density at radius 2 is 2.00 bits per heavy atom. The van der Waals surface area contributed by atoms with Gasteiger partial charge in [-0.2, -0.15) is 0 Å². The van der Waals surface area contributed by atoms with Gasteiger partial charge in [0, 0.05) is 37.1 Å². The molecule has 0 bridgehead atoms. The van der Waals surface area contributed by atoms with Crippen molar-refractivity contribution in [2.24, 2.45) is 4.99 Å². The lowest BCUT2D eigenvalue weighted by atomic mass is 10.2. The van der Waals surface area contributed by atoms with E-state index >= 15 is 0 Å². The number of rotatable bonds is 5. The molecule has 0 radical (unpaired) electrons. The highest BCUT2D eigenvalue weighted by molar-refractivity contribution is 14.0. The van der Waals surface area contributed by atoms with E-state index in [0.29, 0.717) is 6.54 Å². The molecule has 1 aromatic carbocycles. The highest BCUT2D eigenvalue weighted by atomic mass is 127. The van der Waals surface area contributed by atoms with E-state index in [9.17, 15) is 0 Å². The second-order valence-electron chi connectivity index (χ2n) is 5.04. The molecule has 1 heterocycles. The van der Waals surface area contributed by atoms with Crippen LogP contribution in [0.3, 0.4) is 0 Å². The average molecular weight is 445 g/mol. The van der Waals surface area contributed by atoms with E-state index in [-0.39, 0.29) is 24.0 Å². The van der Waals surface area contributed by atoms with Gasteiger partial charge in [0.25, 0.3) is 0 Å². The quantitative estimate of drug-likeness (QED) is 0.421. The summed E-state index contributed by atoms with van der Waals surface area (Å²) in [6.07, 6.45) is 2.82. The molecule has 0 saturated heterocycles. The molecule has 0 amide bonds. The molecule has 2 aromatic rings. The molecule has 124 valence electrons. The van der Waals surface area contributed by atoms with Gasteiger partial charge in [-0.1, -0.05) is 29.8 Å². The number of hydrogen-bond acceptors (Lipinski definition) is 2. The van der Waals surface area contributed by atoms with Crippen LogP contribution in [-0.4, -0.2) is 24.5 Å². The molecule has 0 atom stereocenters. The maximum atomic E-state index is 5.98. The molecule has 0 saturated carbocycles. The van der Waals surface area contributed by atoms with Gasteiger partial charge in [0.1, 0.15) is 0 Å². The van der Waals surface area contributed by atoms with Crippen LogP contribution in [0, 0.1) is 6.92 Å². The summed E-state index contributed by atoms with van der Waals surface area (Å²) >= 11 is 5.98. The molecule has 0 aliphatic heterocycles. The third-order valence-corrected chi connectivity index (χ3v) is 3.49. The lowest BCUT2D eigenvalue weighted by molar-refractivity contribution is 0.792. The van der Waals surface area contributed by atoms with Gasteiger partial charge in [-0.05, 0) is 42.7 Å². The first-order valence-electron chi connectivity index (χ1n) is 7.28. The first-order chi connectivity index (χ1) is 10.7. The van der Waals surface area contributed by atoms with Crippen LogP contribution in [0.15, 0.2) is 47.6 Å². The predicted octanol–water partition coefficient (Wildman–Crippen LogP) is 3.57. The highest BCUT2D eigenvalue weighted by Gasteiger charge is 2.00. The van der Waals surface area contributed by atoms with Gasteiger partial charge in [-0.25, -0.2) is 0 Å². The Morgan fingerprint density at radius 1 is 1.17 bits per heavy atom. The molecule has 23 heavy (non-hydrogen) atoms. The zero-order valence-corrected chi connectivity index (χ0v) is 16.4. The number of benzene rings is 1. The lowest BCUT2D eigenvalue weighted by Gasteiger charge is -2.12. The van der Waals surface area contributed by atoms with E-state index in [4.69, 9.17) is 11.6 Å². The van der Waals surface area contributed by atoms with E-state index in [1.807, 2.05) is 43.5 Å². The summed E-state index contributed by atoms with van der Waals surface area (Å²) in [5.41, 5.74) is 3.37. The van der Waals surface area contributed by atoms with Crippen LogP contribution in [0.25, 0.3) is 0 Å². The number of aryl methyl sites for hydroxylation is 1. The Kier molecular flexibility index (Phi) is 8.94. The van der Waals surface area contributed by atoms with Gasteiger partial charge >= 0.3 is 0 Å². The molecule has 2 rings (SSSR count). The molecule has 0 fully saturated rings. The number of nitrogens with zero attached hydrogens (tertiary/aromatic N) is 2. The van der Waals surface area contributed by atoms with E-state index in [2.05, 4.69) is 26.7 Å². The first kappa shape index (κ1) is 19.7. The van der Waals surface area contributed by atoms with E-state index < -0.39 is 0 Å². The Bertz CT molecular complexity index is 629. The smallest absolute Gasteiger partial charge is 0.191 e. The van der Waals surface area contributed by atoms with Gasteiger partial charge in [0.15, 0.2) is 5.96 Å². The van der Waals surface area contributed by atoms with Crippen molar-refractivity contribution in [3.8, 4) is 0 Å². The highest BCUT2D eigenvalue weighted by Crippen LogP contribution is 2.10. The van der Waals surface area contributed by atoms with Crippen LogP contribution in [0.4, 0.5) is 0 Å². The molecule has 4 nitrogen and oxygen atoms in total. The monoisotopic (exact) mass is 444 g/mol. The lowest BCUT2D eigenvalue weighted by Crippen LogP contribution is -2.37. The number of aliphatic imine (C=N–C) groups is 1. The summed E-state index contributed by atoms with van der Waals surface area (Å²) < 4.78 is 0. The zero-order valence-electron chi connectivity index (χ0n) is 13.3. The Labute approximate surface area is 159 Å². The number of halogens is 2. The molecule has 0 spiro atoms. The Hall–Kier alpha value is -1.34. The minimum atomic E-state index is 0. The third kappa shape index (κ3) is 7.18. The molecule has 6 heteroatoms. The van der Waals surface area contributed by atoms with Crippen molar-refractivity contribution in [2.45, 2.75) is 19.9 Å². The summed E-state index contributed by atoms with van der Waals surface area (Å²) in [6.45, 7) is 3.48. The topological polar surface area (TPSA) is 49.3 Å². The van der Waals surface area contributed by atoms with E-state index in [1.54, 1.807) is 7.05 Å². The fourth-order valence-electron chi connectivity index (χ4n) is 2.02. The van der Waals surface area contributed by atoms with Crippen LogP contribution in [0.5, 0.6) is 0 Å². The maximum Gasteiger partial charge on any atom is 0.191 e. The SMILES string of the molecule is CN=C(NCCc1ccc(C)nc1)NCc1cccc(Cl)c1.I. The van der Waals surface area contributed by atoms with Crippen LogP contribution < -0.4 is 10.6 Å². The molecule has 1 aromatic heterocycles. The van der Waals surface area contributed by atoms with Gasteiger partial charge in [-0.3, -0.25) is 9.98 Å². The number of guanidine groups is 1. The second-order valence-corrected chi connectivity index (χ2v) is 5.48. The van der Waals surface area contributed by atoms with E-state index in [0.717, 1.165) is 35.2 Å². The Balaban J connectivity index is 0.00000264. The maximum absolute atomic E-state index is 5.98. The van der Waals surface area contributed by atoms with Crippen molar-refractivity contribution in [1.82, 2.24) is 15.6 Å². The van der Waals surface area contributed by atoms with Gasteiger partial charge in [0.05, 0.1) is 0 Å². The van der Waals surface area contributed by atoms with Crippen molar-refractivity contribution >= 4 is 41.5 Å². The number of pyridine rings is 1. The minimum absolute atomic E-state index is 0. The van der Waals surface area contributed by atoms with Crippen molar-refractivity contribution in [1.29, 1.82) is 0 Å². The summed E-state index contributed by atoms with van der Waals surface area (Å²) in [7, 11) is 1.76. The number of hydrogen-bond donors (Lipinski definition) is 2. The predicted molar refractivity (Wildman–Crippen MR) is 108 cm³/mol. The third-order valence-electron chi connectivity index (χ3n) is 3.25. The second kappa shape index (κ2) is 10.4. The van der Waals surface area contributed by atoms with Crippen LogP contribution >= 0.6 is 35.6 Å². The molecular formula is C17H22ClIN4. The van der Waals surface area contributed by atoms with Crippen molar-refractivity contribution in [2.75, 3.05) is 13.6 Å². The van der Waals surface area contributed by atoms with Gasteiger partial charge in [-0.15, -0.1) is 24.0 Å². The van der Waals surface area contributed by atoms with Crippen LogP contribution in [0.2, 0.25) is 5.02 Å². The zero-order chi connectivity index (χ0) is 15.8. The van der Waals surface area contributed by atoms with Gasteiger partial charge in [0.2, 0.25) is 0 Å². The minimum Gasteiger partial charge on any atom is -0.356 e. The fraction of sp³-hybridized carbons (Fsp3) is 0.294. The molecule has 0 aliphatic rings. The molecular weight excluding hydrogens is 423 g/mol. The summed E-state index contributed by atoms with van der Waals surface area (Å²) in [6, 6.07) is 11.9. The van der Waals surface area contributed by atoms with Crippen molar-refractivity contribution in [3.63, 3.8) is 0 Å². The number of aromatic nitrogens is 1. The number of nitrogens with one attached hydrogen (secondary N) is 2. The normalized spacial score (nSPS) is 10.8. The first-order valence-corrected chi connectivity index (χ1v) is 7.65. The molecule has 2 N–H and O–H groups in total. The van der Waals surface area contributed by atoms with Crippen molar-refractivity contribution < 1.29 is 0 Å². The summed E-state index contributed by atoms with van der Waals surface area (Å²) in [4.78, 5) is 8.51. The average Bonchev–Trinajstić information content (AvgIpc) is 2.52. The largest absolute Gasteiger partial charge is 0.356 e. The molecule has 0 aliphatic carbocycles. The Morgan fingerprint density at radius 3 is 2.65 bits per heavy atom. The van der Waals surface area contributed by atoms with Gasteiger partial charge < -0.3 is 10.6 Å². The molecule has 0 unspecified atom stereocenters. The standard InChI is InChI=1S/C17H21ClN4.HI/c1-13-6-7-14(11-21-13)8-9-20-17(19-2)22-12-15-4-3-5-16(18)10-15;/h3-7,10-11H,8-9,12H2,1-2H3,(H2,19,20,22);1H.